The molecule has 1 aromatic carbocycles. The molecule has 2 N–H and O–H groups in total. The molecule has 1 heterocycles. The van der Waals surface area contributed by atoms with Crippen LogP contribution < -0.4 is 15.5 Å². The average molecular weight is 430 g/mol. The van der Waals surface area contributed by atoms with Crippen molar-refractivity contribution in [3.8, 4) is 0 Å². The van der Waals surface area contributed by atoms with Gasteiger partial charge in [0, 0.05) is 24.7 Å². The molecule has 0 aromatic heterocycles. The van der Waals surface area contributed by atoms with E-state index in [0.29, 0.717) is 0 Å². The maximum absolute atomic E-state index is 12.6. The van der Waals surface area contributed by atoms with E-state index in [4.69, 9.17) is 4.74 Å². The van der Waals surface area contributed by atoms with E-state index in [-0.39, 0.29) is 24.9 Å². The van der Waals surface area contributed by atoms with Gasteiger partial charge >= 0.3 is 12.0 Å². The van der Waals surface area contributed by atoms with E-state index in [1.165, 1.54) is 6.92 Å². The number of amides is 4. The summed E-state index contributed by atoms with van der Waals surface area (Å²) in [5.41, 5.74) is 2.83. The van der Waals surface area contributed by atoms with Crippen molar-refractivity contribution < 1.29 is 23.9 Å². The lowest BCUT2D eigenvalue weighted by Crippen LogP contribution is -2.48. The van der Waals surface area contributed by atoms with Gasteiger partial charge in [0.05, 0.1) is 5.92 Å². The van der Waals surface area contributed by atoms with Gasteiger partial charge in [-0.2, -0.15) is 0 Å². The summed E-state index contributed by atoms with van der Waals surface area (Å²) in [4.78, 5) is 50.9. The van der Waals surface area contributed by atoms with Crippen LogP contribution in [0.25, 0.3) is 0 Å². The number of hydrogen-bond donors (Lipinski definition) is 2. The van der Waals surface area contributed by atoms with Crippen LogP contribution in [0, 0.1) is 19.8 Å². The van der Waals surface area contributed by atoms with E-state index in [1.807, 2.05) is 32.0 Å². The Balaban J connectivity index is 1.51. The number of esters is 1. The Kier molecular flexibility index (Phi) is 7.30. The second-order valence-corrected chi connectivity index (χ2v) is 8.50. The number of carbonyl (C=O) groups is 4. The molecule has 0 unspecified atom stereocenters. The monoisotopic (exact) mass is 429 g/mol. The minimum absolute atomic E-state index is 0.0305. The molecule has 4 amide bonds. The Bertz CT molecular complexity index is 863. The summed E-state index contributed by atoms with van der Waals surface area (Å²) in [7, 11) is 0. The number of urea groups is 1. The van der Waals surface area contributed by atoms with E-state index in [9.17, 15) is 19.2 Å². The van der Waals surface area contributed by atoms with Crippen LogP contribution in [0.3, 0.4) is 0 Å². The molecule has 2 fully saturated rings. The molecule has 8 heteroatoms. The first kappa shape index (κ1) is 22.8. The van der Waals surface area contributed by atoms with Gasteiger partial charge in [-0.3, -0.25) is 19.7 Å². The molecule has 1 aliphatic heterocycles. The van der Waals surface area contributed by atoms with Gasteiger partial charge in [-0.15, -0.1) is 0 Å². The lowest BCUT2D eigenvalue weighted by molar-refractivity contribution is -0.158. The third kappa shape index (κ3) is 5.62. The quantitative estimate of drug-likeness (QED) is 0.701. The van der Waals surface area contributed by atoms with Gasteiger partial charge in [0.2, 0.25) is 5.91 Å². The Hall–Kier alpha value is -2.90. The fourth-order valence-corrected chi connectivity index (χ4v) is 4.13. The van der Waals surface area contributed by atoms with Gasteiger partial charge in [-0.1, -0.05) is 31.4 Å². The number of benzene rings is 1. The van der Waals surface area contributed by atoms with Crippen LogP contribution in [0.1, 0.15) is 56.6 Å². The zero-order chi connectivity index (χ0) is 22.5. The molecule has 1 aliphatic carbocycles. The third-order valence-corrected chi connectivity index (χ3v) is 6.16. The number of nitrogens with zero attached hydrogens (tertiary/aromatic N) is 1. The largest absolute Gasteiger partial charge is 0.452 e. The number of hydrogen-bond acceptors (Lipinski definition) is 5. The number of nitrogens with one attached hydrogen (secondary N) is 2. The topological polar surface area (TPSA) is 105 Å². The molecule has 1 aromatic rings. The van der Waals surface area contributed by atoms with Crippen molar-refractivity contribution in [2.45, 2.75) is 71.4 Å². The standard InChI is InChI=1S/C23H31N3O5/c1-14-8-7-11-19(15(14)2)26-13-17(12-20(26)27)22(29)31-16(3)21(28)25-23(30)24-18-9-5-4-6-10-18/h7-8,11,16-18H,4-6,9-10,12-13H2,1-3H3,(H2,24,25,28,30)/t16-,17+/m0/s1. The number of aryl methyl sites for hydroxylation is 1. The number of ether oxygens (including phenoxy) is 1. The van der Waals surface area contributed by atoms with Crippen molar-refractivity contribution in [3.63, 3.8) is 0 Å². The predicted molar refractivity (Wildman–Crippen MR) is 115 cm³/mol. The van der Waals surface area contributed by atoms with E-state index in [0.717, 1.165) is 48.9 Å². The normalized spacial score (nSPS) is 20.3. The van der Waals surface area contributed by atoms with Gasteiger partial charge in [0.1, 0.15) is 0 Å². The van der Waals surface area contributed by atoms with Crippen LogP contribution in [-0.4, -0.2) is 42.5 Å². The van der Waals surface area contributed by atoms with Crippen LogP contribution >= 0.6 is 0 Å². The number of carbonyl (C=O) groups excluding carboxylic acids is 4. The second-order valence-electron chi connectivity index (χ2n) is 8.50. The highest BCUT2D eigenvalue weighted by Gasteiger charge is 2.38. The number of imide groups is 1. The SMILES string of the molecule is Cc1cccc(N2C[C@H](C(=O)O[C@@H](C)C(=O)NC(=O)NC3CCCCC3)CC2=O)c1C. The zero-order valence-electron chi connectivity index (χ0n) is 18.4. The Morgan fingerprint density at radius 1 is 1.13 bits per heavy atom. The molecule has 0 radical (unpaired) electrons. The molecule has 2 atom stereocenters. The molecule has 1 saturated heterocycles. The van der Waals surface area contributed by atoms with E-state index < -0.39 is 29.9 Å². The fourth-order valence-electron chi connectivity index (χ4n) is 4.13. The lowest BCUT2D eigenvalue weighted by atomic mass is 9.96. The lowest BCUT2D eigenvalue weighted by Gasteiger charge is -2.23. The first-order chi connectivity index (χ1) is 14.8. The summed E-state index contributed by atoms with van der Waals surface area (Å²) < 4.78 is 5.26. The molecule has 0 bridgehead atoms. The summed E-state index contributed by atoms with van der Waals surface area (Å²) in [5, 5.41) is 5.03. The van der Waals surface area contributed by atoms with Gasteiger partial charge < -0.3 is 15.0 Å². The van der Waals surface area contributed by atoms with Crippen LogP contribution in [0.5, 0.6) is 0 Å². The summed E-state index contributed by atoms with van der Waals surface area (Å²) in [5.74, 6) is -2.10. The van der Waals surface area contributed by atoms with Crippen molar-refractivity contribution in [1.82, 2.24) is 10.6 Å². The highest BCUT2D eigenvalue weighted by molar-refractivity contribution is 6.01. The molecule has 31 heavy (non-hydrogen) atoms. The molecule has 168 valence electrons. The maximum Gasteiger partial charge on any atom is 0.321 e. The van der Waals surface area contributed by atoms with Crippen molar-refractivity contribution in [1.29, 1.82) is 0 Å². The van der Waals surface area contributed by atoms with Gasteiger partial charge in [-0.25, -0.2) is 4.79 Å². The van der Waals surface area contributed by atoms with Crippen molar-refractivity contribution >= 4 is 29.5 Å². The second kappa shape index (κ2) is 9.94. The van der Waals surface area contributed by atoms with Crippen molar-refractivity contribution in [2.75, 3.05) is 11.4 Å². The molecular formula is C23H31N3O5. The highest BCUT2D eigenvalue weighted by atomic mass is 16.5. The minimum Gasteiger partial charge on any atom is -0.452 e. The predicted octanol–water partition coefficient (Wildman–Crippen LogP) is 2.75. The van der Waals surface area contributed by atoms with Crippen molar-refractivity contribution in [2.24, 2.45) is 5.92 Å². The molecule has 3 rings (SSSR count). The third-order valence-electron chi connectivity index (χ3n) is 6.16. The fraction of sp³-hybridized carbons (Fsp3) is 0.565. The molecule has 1 saturated carbocycles. The first-order valence-electron chi connectivity index (χ1n) is 10.9. The van der Waals surface area contributed by atoms with E-state index >= 15 is 0 Å². The Morgan fingerprint density at radius 2 is 1.84 bits per heavy atom. The van der Waals surface area contributed by atoms with E-state index in [1.54, 1.807) is 4.90 Å². The van der Waals surface area contributed by atoms with Crippen molar-refractivity contribution in [3.05, 3.63) is 29.3 Å². The molecule has 0 spiro atoms. The molecule has 8 nitrogen and oxygen atoms in total. The molecule has 2 aliphatic rings. The maximum atomic E-state index is 12.6. The molecular weight excluding hydrogens is 398 g/mol. The smallest absolute Gasteiger partial charge is 0.321 e. The summed E-state index contributed by atoms with van der Waals surface area (Å²) in [6.45, 7) is 5.53. The van der Waals surface area contributed by atoms with Gasteiger partial charge in [0.15, 0.2) is 6.10 Å². The highest BCUT2D eigenvalue weighted by Crippen LogP contribution is 2.30. The van der Waals surface area contributed by atoms with Gasteiger partial charge in [-0.05, 0) is 50.8 Å². The number of rotatable bonds is 5. The summed E-state index contributed by atoms with van der Waals surface area (Å²) in [6, 6.07) is 5.20. The zero-order valence-corrected chi connectivity index (χ0v) is 18.4. The van der Waals surface area contributed by atoms with Gasteiger partial charge in [0.25, 0.3) is 5.91 Å². The van der Waals surface area contributed by atoms with Crippen LogP contribution in [0.15, 0.2) is 18.2 Å². The van der Waals surface area contributed by atoms with Crippen LogP contribution in [0.4, 0.5) is 10.5 Å². The van der Waals surface area contributed by atoms with E-state index in [2.05, 4.69) is 10.6 Å². The Morgan fingerprint density at radius 3 is 2.55 bits per heavy atom. The first-order valence-corrected chi connectivity index (χ1v) is 10.9. The average Bonchev–Trinajstić information content (AvgIpc) is 3.12. The summed E-state index contributed by atoms with van der Waals surface area (Å²) in [6.07, 6.45) is 3.99. The van der Waals surface area contributed by atoms with Crippen LogP contribution in [0.2, 0.25) is 0 Å². The Labute approximate surface area is 182 Å². The number of anilines is 1. The van der Waals surface area contributed by atoms with Crippen LogP contribution in [-0.2, 0) is 19.1 Å². The minimum atomic E-state index is -1.13. The summed E-state index contributed by atoms with van der Waals surface area (Å²) >= 11 is 0.